The third-order valence-electron chi connectivity index (χ3n) is 3.56. The first-order chi connectivity index (χ1) is 9.22. The summed E-state index contributed by atoms with van der Waals surface area (Å²) in [5.41, 5.74) is 6.66. The van der Waals surface area contributed by atoms with Gasteiger partial charge in [0.25, 0.3) is 0 Å². The highest BCUT2D eigenvalue weighted by molar-refractivity contribution is 7.99. The topological polar surface area (TPSA) is 55.6 Å². The number of carbonyl (C=O) groups is 1. The molecule has 1 aromatic heterocycles. The number of anilines is 2. The maximum Gasteiger partial charge on any atom is 0.178 e. The molecular weight excluding hydrogens is 280 g/mol. The van der Waals surface area contributed by atoms with Gasteiger partial charge in [-0.2, -0.15) is 11.8 Å². The number of ketones is 1. The van der Waals surface area contributed by atoms with Crippen molar-refractivity contribution in [3.63, 3.8) is 0 Å². The molecule has 0 radical (unpaired) electrons. The molecule has 1 saturated carbocycles. The number of Topliss-reactive ketones (excluding diaryl/α,β-unsaturated/α-hetero) is 1. The van der Waals surface area contributed by atoms with Crippen LogP contribution in [0, 0.1) is 5.92 Å². The summed E-state index contributed by atoms with van der Waals surface area (Å²) in [7, 11) is 1.63. The molecule has 4 nitrogen and oxygen atoms in total. The van der Waals surface area contributed by atoms with Crippen LogP contribution in [0.5, 0.6) is 5.75 Å². The van der Waals surface area contributed by atoms with Crippen LogP contribution in [0.15, 0.2) is 0 Å². The molecule has 2 fully saturated rings. The summed E-state index contributed by atoms with van der Waals surface area (Å²) >= 11 is 3.47. The first-order valence-corrected chi connectivity index (χ1v) is 8.52. The highest BCUT2D eigenvalue weighted by atomic mass is 32.2. The van der Waals surface area contributed by atoms with Gasteiger partial charge in [0.15, 0.2) is 11.5 Å². The predicted octanol–water partition coefficient (Wildman–Crippen LogP) is 2.48. The number of thiophene rings is 1. The lowest BCUT2D eigenvalue weighted by Gasteiger charge is -2.27. The number of hydrogen-bond donors (Lipinski definition) is 1. The van der Waals surface area contributed by atoms with E-state index < -0.39 is 0 Å². The van der Waals surface area contributed by atoms with E-state index in [4.69, 9.17) is 10.5 Å². The van der Waals surface area contributed by atoms with Crippen LogP contribution in [0.25, 0.3) is 0 Å². The van der Waals surface area contributed by atoms with Crippen molar-refractivity contribution in [2.24, 2.45) is 5.92 Å². The van der Waals surface area contributed by atoms with Crippen LogP contribution in [0.3, 0.4) is 0 Å². The van der Waals surface area contributed by atoms with Crippen LogP contribution in [0.1, 0.15) is 22.5 Å². The highest BCUT2D eigenvalue weighted by Gasteiger charge is 2.35. The lowest BCUT2D eigenvalue weighted by atomic mass is 10.2. The van der Waals surface area contributed by atoms with Crippen molar-refractivity contribution in [1.82, 2.24) is 0 Å². The van der Waals surface area contributed by atoms with Gasteiger partial charge in [-0.05, 0) is 12.8 Å². The zero-order chi connectivity index (χ0) is 13.4. The maximum absolute atomic E-state index is 12.2. The Morgan fingerprint density at radius 2 is 2.05 bits per heavy atom. The second-order valence-electron chi connectivity index (χ2n) is 4.92. The second kappa shape index (κ2) is 5.25. The second-order valence-corrected chi connectivity index (χ2v) is 7.15. The van der Waals surface area contributed by atoms with Crippen molar-refractivity contribution in [3.8, 4) is 5.75 Å². The van der Waals surface area contributed by atoms with Crippen molar-refractivity contribution in [3.05, 3.63) is 4.88 Å². The van der Waals surface area contributed by atoms with Crippen LogP contribution < -0.4 is 15.4 Å². The van der Waals surface area contributed by atoms with Crippen molar-refractivity contribution >= 4 is 39.6 Å². The standard InChI is InChI=1S/C13H18N2O2S2/c1-17-11-9(14)12(10(16)8-2-3-8)19-13(11)15-4-6-18-7-5-15/h8H,2-7,14H2,1H3. The largest absolute Gasteiger partial charge is 0.492 e. The van der Waals surface area contributed by atoms with E-state index in [1.807, 2.05) is 11.8 Å². The summed E-state index contributed by atoms with van der Waals surface area (Å²) in [5, 5.41) is 1.03. The number of carbonyl (C=O) groups excluding carboxylic acids is 1. The maximum atomic E-state index is 12.2. The van der Waals surface area contributed by atoms with E-state index in [1.54, 1.807) is 7.11 Å². The molecule has 0 spiro atoms. The molecular formula is C13H18N2O2S2. The van der Waals surface area contributed by atoms with Crippen LogP contribution in [-0.2, 0) is 0 Å². The molecule has 0 amide bonds. The van der Waals surface area contributed by atoms with Crippen molar-refractivity contribution in [1.29, 1.82) is 0 Å². The van der Waals surface area contributed by atoms with Gasteiger partial charge in [0, 0.05) is 30.5 Å². The van der Waals surface area contributed by atoms with Crippen molar-refractivity contribution in [2.45, 2.75) is 12.8 Å². The molecule has 0 bridgehead atoms. The Morgan fingerprint density at radius 3 is 2.63 bits per heavy atom. The molecule has 1 aliphatic heterocycles. The molecule has 1 aromatic rings. The fourth-order valence-electron chi connectivity index (χ4n) is 2.30. The average molecular weight is 298 g/mol. The molecule has 1 saturated heterocycles. The minimum Gasteiger partial charge on any atom is -0.492 e. The molecule has 0 aromatic carbocycles. The normalized spacial score (nSPS) is 19.5. The number of methoxy groups -OCH3 is 1. The van der Waals surface area contributed by atoms with Gasteiger partial charge >= 0.3 is 0 Å². The molecule has 6 heteroatoms. The van der Waals surface area contributed by atoms with Gasteiger partial charge in [-0.3, -0.25) is 4.79 Å². The quantitative estimate of drug-likeness (QED) is 0.866. The lowest BCUT2D eigenvalue weighted by molar-refractivity contribution is 0.0972. The third-order valence-corrected chi connectivity index (χ3v) is 5.76. The summed E-state index contributed by atoms with van der Waals surface area (Å²) < 4.78 is 5.45. The van der Waals surface area contributed by atoms with Gasteiger partial charge in [-0.1, -0.05) is 0 Å². The first-order valence-electron chi connectivity index (χ1n) is 6.55. The van der Waals surface area contributed by atoms with E-state index >= 15 is 0 Å². The third kappa shape index (κ3) is 2.43. The van der Waals surface area contributed by atoms with E-state index in [2.05, 4.69) is 4.90 Å². The van der Waals surface area contributed by atoms with Crippen molar-refractivity contribution < 1.29 is 9.53 Å². The Bertz CT molecular complexity index is 491. The molecule has 0 atom stereocenters. The van der Waals surface area contributed by atoms with Crippen LogP contribution in [-0.4, -0.2) is 37.5 Å². The number of nitrogens with zero attached hydrogens (tertiary/aromatic N) is 1. The van der Waals surface area contributed by atoms with Crippen molar-refractivity contribution in [2.75, 3.05) is 42.3 Å². The Morgan fingerprint density at radius 1 is 1.37 bits per heavy atom. The van der Waals surface area contributed by atoms with Gasteiger partial charge < -0.3 is 15.4 Å². The van der Waals surface area contributed by atoms with E-state index in [9.17, 15) is 4.79 Å². The smallest absolute Gasteiger partial charge is 0.178 e. The van der Waals surface area contributed by atoms with E-state index in [1.165, 1.54) is 11.3 Å². The zero-order valence-electron chi connectivity index (χ0n) is 11.0. The molecule has 2 aliphatic rings. The molecule has 19 heavy (non-hydrogen) atoms. The van der Waals surface area contributed by atoms with Crippen LogP contribution >= 0.6 is 23.1 Å². The SMILES string of the molecule is COc1c(N2CCSCC2)sc(C(=O)C2CC2)c1N. The number of ether oxygens (including phenoxy) is 1. The van der Waals surface area contributed by atoms with E-state index in [-0.39, 0.29) is 11.7 Å². The Kier molecular flexibility index (Phi) is 3.62. The minimum absolute atomic E-state index is 0.204. The summed E-state index contributed by atoms with van der Waals surface area (Å²) in [4.78, 5) is 15.2. The Balaban J connectivity index is 1.93. The Hall–Kier alpha value is -0.880. The number of hydrogen-bond acceptors (Lipinski definition) is 6. The minimum atomic E-state index is 0.204. The zero-order valence-corrected chi connectivity index (χ0v) is 12.6. The molecule has 3 rings (SSSR count). The van der Waals surface area contributed by atoms with E-state index in [0.717, 1.165) is 42.4 Å². The number of nitrogens with two attached hydrogens (primary N) is 1. The molecule has 0 unspecified atom stereocenters. The first kappa shape index (κ1) is 13.1. The van der Waals surface area contributed by atoms with E-state index in [0.29, 0.717) is 16.3 Å². The molecule has 104 valence electrons. The average Bonchev–Trinajstić information content (AvgIpc) is 3.23. The molecule has 1 aliphatic carbocycles. The van der Waals surface area contributed by atoms with Gasteiger partial charge in [-0.15, -0.1) is 11.3 Å². The summed E-state index contributed by atoms with van der Waals surface area (Å²) in [6.07, 6.45) is 2.02. The monoisotopic (exact) mass is 298 g/mol. The number of rotatable bonds is 4. The fraction of sp³-hybridized carbons (Fsp3) is 0.615. The molecule has 2 heterocycles. The van der Waals surface area contributed by atoms with Gasteiger partial charge in [0.05, 0.1) is 17.7 Å². The number of thioether (sulfide) groups is 1. The van der Waals surface area contributed by atoms with Gasteiger partial charge in [0.1, 0.15) is 5.00 Å². The van der Waals surface area contributed by atoms with Crippen LogP contribution in [0.2, 0.25) is 0 Å². The van der Waals surface area contributed by atoms with Gasteiger partial charge in [-0.25, -0.2) is 0 Å². The summed E-state index contributed by atoms with van der Waals surface area (Å²) in [5.74, 6) is 3.34. The molecule has 2 N–H and O–H groups in total. The fourth-order valence-corrected chi connectivity index (χ4v) is 4.47. The lowest BCUT2D eigenvalue weighted by Crippen LogP contribution is -2.31. The summed E-state index contributed by atoms with van der Waals surface area (Å²) in [6, 6.07) is 0. The van der Waals surface area contributed by atoms with Gasteiger partial charge in [0.2, 0.25) is 0 Å². The van der Waals surface area contributed by atoms with Crippen LogP contribution in [0.4, 0.5) is 10.7 Å². The Labute approximate surface area is 121 Å². The summed E-state index contributed by atoms with van der Waals surface area (Å²) in [6.45, 7) is 2.00. The highest BCUT2D eigenvalue weighted by Crippen LogP contribution is 2.48. The number of nitrogen functional groups attached to an aromatic ring is 1. The predicted molar refractivity (Wildman–Crippen MR) is 81.9 cm³/mol.